The summed E-state index contributed by atoms with van der Waals surface area (Å²) in [6, 6.07) is -0.383. The van der Waals surface area contributed by atoms with Gasteiger partial charge in [0, 0.05) is 19.5 Å². The number of carbonyl (C=O) groups is 1. The fourth-order valence-electron chi connectivity index (χ4n) is 2.09. The van der Waals surface area contributed by atoms with Crippen LogP contribution in [0.2, 0.25) is 0 Å². The van der Waals surface area contributed by atoms with Crippen LogP contribution in [0.1, 0.15) is 30.8 Å². The maximum Gasteiger partial charge on any atom is 0.247 e. The Morgan fingerprint density at radius 1 is 1.69 bits per heavy atom. The highest BCUT2D eigenvalue weighted by Crippen LogP contribution is 2.23. The number of oxazole rings is 1. The van der Waals surface area contributed by atoms with E-state index in [1.165, 1.54) is 6.39 Å². The van der Waals surface area contributed by atoms with Crippen molar-refractivity contribution in [3.63, 3.8) is 0 Å². The molecule has 16 heavy (non-hydrogen) atoms. The van der Waals surface area contributed by atoms with E-state index in [0.29, 0.717) is 5.76 Å². The lowest BCUT2D eigenvalue weighted by Crippen LogP contribution is -2.39. The zero-order valence-corrected chi connectivity index (χ0v) is 9.69. The predicted molar refractivity (Wildman–Crippen MR) is 58.9 cm³/mol. The number of carbonyl (C=O) groups excluding carboxylic acids is 1. The van der Waals surface area contributed by atoms with Gasteiger partial charge < -0.3 is 14.6 Å². The standard InChI is InChI=1S/C11H17N3O2/c1-3-5-14-6-4-8-10(16-7-13-8)9(12-2)11(14)15/h7,9,12H,3-6H2,1-2H3. The molecule has 1 aromatic heterocycles. The number of hydrogen-bond acceptors (Lipinski definition) is 4. The highest BCUT2D eigenvalue weighted by molar-refractivity contribution is 5.83. The molecule has 1 unspecified atom stereocenters. The minimum atomic E-state index is -0.383. The summed E-state index contributed by atoms with van der Waals surface area (Å²) in [6.45, 7) is 3.59. The number of rotatable bonds is 3. The number of hydrogen-bond donors (Lipinski definition) is 1. The number of aromatic nitrogens is 1. The van der Waals surface area contributed by atoms with Gasteiger partial charge in [-0.3, -0.25) is 4.79 Å². The van der Waals surface area contributed by atoms with E-state index in [1.807, 2.05) is 4.90 Å². The SMILES string of the molecule is CCCN1CCc2ncoc2C(NC)C1=O. The van der Waals surface area contributed by atoms with Crippen molar-refractivity contribution >= 4 is 5.91 Å². The molecule has 0 bridgehead atoms. The Balaban J connectivity index is 2.28. The Morgan fingerprint density at radius 2 is 2.50 bits per heavy atom. The van der Waals surface area contributed by atoms with Gasteiger partial charge in [0.1, 0.15) is 6.04 Å². The van der Waals surface area contributed by atoms with Crippen LogP contribution in [0.5, 0.6) is 0 Å². The molecule has 1 aromatic rings. The van der Waals surface area contributed by atoms with Crippen LogP contribution >= 0.6 is 0 Å². The first-order chi connectivity index (χ1) is 7.77. The number of nitrogens with one attached hydrogen (secondary N) is 1. The second-order valence-electron chi connectivity index (χ2n) is 3.96. The summed E-state index contributed by atoms with van der Waals surface area (Å²) in [5, 5.41) is 3.00. The molecule has 0 radical (unpaired) electrons. The molecule has 0 aromatic carbocycles. The molecule has 1 aliphatic rings. The van der Waals surface area contributed by atoms with Gasteiger partial charge in [0.05, 0.1) is 5.69 Å². The molecule has 2 rings (SSSR count). The lowest BCUT2D eigenvalue weighted by molar-refractivity contribution is -0.133. The van der Waals surface area contributed by atoms with Crippen molar-refractivity contribution in [1.82, 2.24) is 15.2 Å². The molecule has 0 saturated carbocycles. The summed E-state index contributed by atoms with van der Waals surface area (Å²) < 4.78 is 5.32. The second kappa shape index (κ2) is 4.65. The lowest BCUT2D eigenvalue weighted by Gasteiger charge is -2.23. The number of fused-ring (bicyclic) bond motifs is 1. The largest absolute Gasteiger partial charge is 0.446 e. The van der Waals surface area contributed by atoms with Gasteiger partial charge in [-0.15, -0.1) is 0 Å². The zero-order chi connectivity index (χ0) is 11.5. The summed E-state index contributed by atoms with van der Waals surface area (Å²) in [4.78, 5) is 18.2. The second-order valence-corrected chi connectivity index (χ2v) is 3.96. The predicted octanol–water partition coefficient (Wildman–Crippen LogP) is 0.730. The fraction of sp³-hybridized carbons (Fsp3) is 0.636. The Kier molecular flexibility index (Phi) is 3.24. The molecule has 5 nitrogen and oxygen atoms in total. The summed E-state index contributed by atoms with van der Waals surface area (Å²) in [5.74, 6) is 0.756. The third-order valence-corrected chi connectivity index (χ3v) is 2.89. The molecule has 0 fully saturated rings. The highest BCUT2D eigenvalue weighted by atomic mass is 16.3. The monoisotopic (exact) mass is 223 g/mol. The molecule has 1 amide bonds. The molecule has 0 aliphatic carbocycles. The zero-order valence-electron chi connectivity index (χ0n) is 9.69. The molecular weight excluding hydrogens is 206 g/mol. The van der Waals surface area contributed by atoms with Gasteiger partial charge >= 0.3 is 0 Å². The van der Waals surface area contributed by atoms with E-state index in [-0.39, 0.29) is 11.9 Å². The van der Waals surface area contributed by atoms with Crippen LogP contribution in [-0.4, -0.2) is 35.9 Å². The Bertz CT molecular complexity index is 375. The van der Waals surface area contributed by atoms with Gasteiger partial charge in [0.2, 0.25) is 5.91 Å². The third-order valence-electron chi connectivity index (χ3n) is 2.89. The van der Waals surface area contributed by atoms with Crippen molar-refractivity contribution in [1.29, 1.82) is 0 Å². The molecule has 5 heteroatoms. The molecule has 88 valence electrons. The van der Waals surface area contributed by atoms with Crippen LogP contribution in [-0.2, 0) is 11.2 Å². The smallest absolute Gasteiger partial charge is 0.247 e. The Morgan fingerprint density at radius 3 is 3.19 bits per heavy atom. The number of nitrogens with zero attached hydrogens (tertiary/aromatic N) is 2. The van der Waals surface area contributed by atoms with Crippen molar-refractivity contribution in [3.05, 3.63) is 17.8 Å². The quantitative estimate of drug-likeness (QED) is 0.820. The van der Waals surface area contributed by atoms with Crippen molar-refractivity contribution in [2.24, 2.45) is 0 Å². The van der Waals surface area contributed by atoms with Gasteiger partial charge in [-0.05, 0) is 13.5 Å². The average molecular weight is 223 g/mol. The minimum Gasteiger partial charge on any atom is -0.446 e. The molecule has 0 spiro atoms. The van der Waals surface area contributed by atoms with E-state index in [2.05, 4.69) is 17.2 Å². The average Bonchev–Trinajstić information content (AvgIpc) is 2.69. The molecule has 1 N–H and O–H groups in total. The van der Waals surface area contributed by atoms with E-state index >= 15 is 0 Å². The lowest BCUT2D eigenvalue weighted by atomic mass is 10.1. The topological polar surface area (TPSA) is 58.4 Å². The van der Waals surface area contributed by atoms with Crippen molar-refractivity contribution < 1.29 is 9.21 Å². The molecule has 0 saturated heterocycles. The van der Waals surface area contributed by atoms with E-state index in [4.69, 9.17) is 4.42 Å². The Labute approximate surface area is 94.8 Å². The first-order valence-electron chi connectivity index (χ1n) is 5.66. The fourth-order valence-corrected chi connectivity index (χ4v) is 2.09. The van der Waals surface area contributed by atoms with Crippen molar-refractivity contribution in [2.75, 3.05) is 20.1 Å². The summed E-state index contributed by atoms with van der Waals surface area (Å²) >= 11 is 0. The summed E-state index contributed by atoms with van der Waals surface area (Å²) in [5.41, 5.74) is 0.895. The van der Waals surface area contributed by atoms with E-state index in [1.54, 1.807) is 7.05 Å². The first kappa shape index (κ1) is 11.1. The molecule has 1 aliphatic heterocycles. The van der Waals surface area contributed by atoms with E-state index in [9.17, 15) is 4.79 Å². The van der Waals surface area contributed by atoms with Crippen LogP contribution < -0.4 is 5.32 Å². The first-order valence-corrected chi connectivity index (χ1v) is 5.66. The maximum atomic E-state index is 12.2. The van der Waals surface area contributed by atoms with Crippen LogP contribution in [0.15, 0.2) is 10.8 Å². The molecular formula is C11H17N3O2. The molecule has 2 heterocycles. The van der Waals surface area contributed by atoms with Gasteiger partial charge in [-0.1, -0.05) is 6.92 Å². The minimum absolute atomic E-state index is 0.0832. The normalized spacial score (nSPS) is 20.8. The van der Waals surface area contributed by atoms with Crippen LogP contribution in [0.25, 0.3) is 0 Å². The Hall–Kier alpha value is -1.36. The molecule has 1 atom stereocenters. The van der Waals surface area contributed by atoms with Gasteiger partial charge in [0.15, 0.2) is 12.2 Å². The summed E-state index contributed by atoms with van der Waals surface area (Å²) in [7, 11) is 1.77. The van der Waals surface area contributed by atoms with Crippen molar-refractivity contribution in [2.45, 2.75) is 25.8 Å². The third kappa shape index (κ3) is 1.82. The summed E-state index contributed by atoms with van der Waals surface area (Å²) in [6.07, 6.45) is 3.16. The van der Waals surface area contributed by atoms with E-state index < -0.39 is 0 Å². The van der Waals surface area contributed by atoms with Gasteiger partial charge in [-0.2, -0.15) is 0 Å². The van der Waals surface area contributed by atoms with Gasteiger partial charge in [0.25, 0.3) is 0 Å². The van der Waals surface area contributed by atoms with Crippen LogP contribution in [0, 0.1) is 0 Å². The van der Waals surface area contributed by atoms with E-state index in [0.717, 1.165) is 31.6 Å². The van der Waals surface area contributed by atoms with Crippen LogP contribution in [0.4, 0.5) is 0 Å². The van der Waals surface area contributed by atoms with Crippen LogP contribution in [0.3, 0.4) is 0 Å². The van der Waals surface area contributed by atoms with Crippen molar-refractivity contribution in [3.8, 4) is 0 Å². The highest BCUT2D eigenvalue weighted by Gasteiger charge is 2.32. The van der Waals surface area contributed by atoms with Gasteiger partial charge in [-0.25, -0.2) is 4.98 Å². The number of amides is 1. The number of likely N-dealkylation sites (N-methyl/N-ethyl adjacent to an activating group) is 1. The maximum absolute atomic E-state index is 12.2.